The molecule has 1 aromatic rings. The summed E-state index contributed by atoms with van der Waals surface area (Å²) in [5.74, 6) is -0.361. The number of carbonyl (C=O) groups excluding carboxylic acids is 1. The van der Waals surface area contributed by atoms with E-state index in [0.717, 1.165) is 0 Å². The molecule has 1 aromatic carbocycles. The Hall–Kier alpha value is -0.740. The summed E-state index contributed by atoms with van der Waals surface area (Å²) in [7, 11) is 1.71. The van der Waals surface area contributed by atoms with Crippen molar-refractivity contribution in [1.82, 2.24) is 5.32 Å². The van der Waals surface area contributed by atoms with Crippen molar-refractivity contribution < 1.29 is 9.18 Å². The summed E-state index contributed by atoms with van der Waals surface area (Å²) in [6.45, 7) is 1.76. The zero-order valence-corrected chi connectivity index (χ0v) is 10.3. The first-order chi connectivity index (χ1) is 7.04. The number of benzene rings is 1. The molecule has 1 N–H and O–H groups in total. The van der Waals surface area contributed by atoms with E-state index in [2.05, 4.69) is 21.2 Å². The first kappa shape index (κ1) is 12.3. The monoisotopic (exact) mass is 273 g/mol. The van der Waals surface area contributed by atoms with Gasteiger partial charge in [0.25, 0.3) is 0 Å². The van der Waals surface area contributed by atoms with Gasteiger partial charge >= 0.3 is 0 Å². The molecule has 0 saturated carbocycles. The smallest absolute Gasteiger partial charge is 0.153 e. The molecule has 2 nitrogen and oxygen atoms in total. The van der Waals surface area contributed by atoms with Gasteiger partial charge in [0, 0.05) is 10.9 Å². The van der Waals surface area contributed by atoms with Crippen LogP contribution in [0.25, 0.3) is 0 Å². The molecule has 0 amide bonds. The van der Waals surface area contributed by atoms with Crippen LogP contribution in [0, 0.1) is 5.82 Å². The maximum atomic E-state index is 13.4. The highest BCUT2D eigenvalue weighted by molar-refractivity contribution is 9.10. The Morgan fingerprint density at radius 2 is 2.27 bits per heavy atom. The van der Waals surface area contributed by atoms with E-state index in [-0.39, 0.29) is 24.1 Å². The van der Waals surface area contributed by atoms with Crippen molar-refractivity contribution in [3.8, 4) is 0 Å². The number of likely N-dealkylation sites (N-methyl/N-ethyl adjacent to an activating group) is 1. The third kappa shape index (κ3) is 3.39. The summed E-state index contributed by atoms with van der Waals surface area (Å²) in [4.78, 5) is 11.5. The number of nitrogens with one attached hydrogen (secondary N) is 1. The number of hydrogen-bond acceptors (Lipinski definition) is 2. The molecule has 1 rings (SSSR count). The van der Waals surface area contributed by atoms with Crippen molar-refractivity contribution in [3.63, 3.8) is 0 Å². The van der Waals surface area contributed by atoms with Crippen molar-refractivity contribution >= 4 is 21.7 Å². The highest BCUT2D eigenvalue weighted by Crippen LogP contribution is 2.16. The second-order valence-electron chi connectivity index (χ2n) is 3.39. The minimum Gasteiger partial charge on any atom is -0.311 e. The molecule has 0 aliphatic heterocycles. The molecule has 0 aliphatic rings. The number of hydrogen-bond donors (Lipinski definition) is 1. The van der Waals surface area contributed by atoms with Crippen LogP contribution >= 0.6 is 15.9 Å². The fraction of sp³-hybridized carbons (Fsp3) is 0.364. The molecule has 0 saturated heterocycles. The Morgan fingerprint density at radius 3 is 2.80 bits per heavy atom. The van der Waals surface area contributed by atoms with E-state index in [1.165, 1.54) is 6.07 Å². The topological polar surface area (TPSA) is 29.1 Å². The Labute approximate surface area is 97.0 Å². The maximum absolute atomic E-state index is 13.4. The highest BCUT2D eigenvalue weighted by atomic mass is 79.9. The van der Waals surface area contributed by atoms with Gasteiger partial charge in [0.15, 0.2) is 5.78 Å². The van der Waals surface area contributed by atoms with E-state index >= 15 is 0 Å². The van der Waals surface area contributed by atoms with Crippen molar-refractivity contribution in [2.24, 2.45) is 0 Å². The van der Waals surface area contributed by atoms with Crippen LogP contribution < -0.4 is 5.32 Å². The average Bonchev–Trinajstić information content (AvgIpc) is 2.20. The predicted octanol–water partition coefficient (Wildman–Crippen LogP) is 2.31. The summed E-state index contributed by atoms with van der Waals surface area (Å²) >= 11 is 3.17. The normalized spacial score (nSPS) is 12.5. The fourth-order valence-corrected chi connectivity index (χ4v) is 1.50. The minimum atomic E-state index is -0.346. The molecule has 4 heteroatoms. The molecule has 0 bridgehead atoms. The minimum absolute atomic E-state index is 0.0151. The zero-order valence-electron chi connectivity index (χ0n) is 8.68. The molecule has 0 aromatic heterocycles. The summed E-state index contributed by atoms with van der Waals surface area (Å²) in [6.07, 6.45) is 0.126. The lowest BCUT2D eigenvalue weighted by molar-refractivity contribution is -0.119. The third-order valence-corrected chi connectivity index (χ3v) is 2.79. The second kappa shape index (κ2) is 5.37. The Bertz CT molecular complexity index is 368. The van der Waals surface area contributed by atoms with Crippen LogP contribution in [-0.2, 0) is 11.2 Å². The zero-order chi connectivity index (χ0) is 11.4. The van der Waals surface area contributed by atoms with E-state index in [1.807, 2.05) is 0 Å². The molecule has 0 spiro atoms. The van der Waals surface area contributed by atoms with Gasteiger partial charge in [0.1, 0.15) is 5.82 Å². The molecule has 15 heavy (non-hydrogen) atoms. The van der Waals surface area contributed by atoms with Crippen LogP contribution in [0.15, 0.2) is 22.7 Å². The standard InChI is InChI=1S/C11H13BrFNO/c1-7(14-2)11(15)5-8-3-4-9(12)6-10(8)13/h3-4,6-7,14H,5H2,1-2H3. The van der Waals surface area contributed by atoms with Crippen LogP contribution in [0.2, 0.25) is 0 Å². The molecule has 1 unspecified atom stereocenters. The van der Waals surface area contributed by atoms with E-state index in [0.29, 0.717) is 10.0 Å². The fourth-order valence-electron chi connectivity index (χ4n) is 1.17. The molecule has 0 fully saturated rings. The predicted molar refractivity (Wildman–Crippen MR) is 61.3 cm³/mol. The van der Waals surface area contributed by atoms with Crippen molar-refractivity contribution in [1.29, 1.82) is 0 Å². The lowest BCUT2D eigenvalue weighted by atomic mass is 10.0. The van der Waals surface area contributed by atoms with Gasteiger partial charge in [-0.25, -0.2) is 4.39 Å². The third-order valence-electron chi connectivity index (χ3n) is 2.30. The van der Waals surface area contributed by atoms with Crippen molar-refractivity contribution in [2.75, 3.05) is 7.05 Å². The summed E-state index contributed by atoms with van der Waals surface area (Å²) in [5.41, 5.74) is 0.435. The van der Waals surface area contributed by atoms with Gasteiger partial charge in [-0.3, -0.25) is 4.79 Å². The summed E-state index contributed by atoms with van der Waals surface area (Å²) in [5, 5.41) is 2.83. The van der Waals surface area contributed by atoms with Gasteiger partial charge < -0.3 is 5.32 Å². The van der Waals surface area contributed by atoms with Gasteiger partial charge in [0.05, 0.1) is 6.04 Å². The van der Waals surface area contributed by atoms with E-state index in [4.69, 9.17) is 0 Å². The number of rotatable bonds is 4. The lowest BCUT2D eigenvalue weighted by Gasteiger charge is -2.09. The maximum Gasteiger partial charge on any atom is 0.153 e. The molecular formula is C11H13BrFNO. The Kier molecular flexibility index (Phi) is 4.42. The molecule has 82 valence electrons. The largest absolute Gasteiger partial charge is 0.311 e. The van der Waals surface area contributed by atoms with Gasteiger partial charge in [0.2, 0.25) is 0 Å². The first-order valence-electron chi connectivity index (χ1n) is 4.68. The quantitative estimate of drug-likeness (QED) is 0.912. The Balaban J connectivity index is 2.77. The van der Waals surface area contributed by atoms with E-state index in [9.17, 15) is 9.18 Å². The number of halogens is 2. The van der Waals surface area contributed by atoms with Gasteiger partial charge in [-0.05, 0) is 31.7 Å². The lowest BCUT2D eigenvalue weighted by Crippen LogP contribution is -2.32. The Morgan fingerprint density at radius 1 is 1.60 bits per heavy atom. The summed E-state index contributed by atoms with van der Waals surface area (Å²) < 4.78 is 14.1. The van der Waals surface area contributed by atoms with E-state index < -0.39 is 0 Å². The number of Topliss-reactive ketones (excluding diaryl/α,β-unsaturated/α-hetero) is 1. The first-order valence-corrected chi connectivity index (χ1v) is 5.47. The number of carbonyl (C=O) groups is 1. The second-order valence-corrected chi connectivity index (χ2v) is 4.30. The molecule has 0 heterocycles. The number of ketones is 1. The van der Waals surface area contributed by atoms with Crippen molar-refractivity contribution in [2.45, 2.75) is 19.4 Å². The van der Waals surface area contributed by atoms with Gasteiger partial charge in [-0.2, -0.15) is 0 Å². The van der Waals surface area contributed by atoms with Crippen LogP contribution in [-0.4, -0.2) is 18.9 Å². The average molecular weight is 274 g/mol. The summed E-state index contributed by atoms with van der Waals surface area (Å²) in [6, 6.07) is 4.48. The van der Waals surface area contributed by atoms with Gasteiger partial charge in [-0.15, -0.1) is 0 Å². The van der Waals surface area contributed by atoms with Crippen LogP contribution in [0.4, 0.5) is 4.39 Å². The molecule has 1 atom stereocenters. The van der Waals surface area contributed by atoms with Crippen LogP contribution in [0.1, 0.15) is 12.5 Å². The van der Waals surface area contributed by atoms with Crippen molar-refractivity contribution in [3.05, 3.63) is 34.1 Å². The molecule has 0 radical (unpaired) electrons. The van der Waals surface area contributed by atoms with Crippen LogP contribution in [0.3, 0.4) is 0 Å². The molecule has 0 aliphatic carbocycles. The highest BCUT2D eigenvalue weighted by Gasteiger charge is 2.13. The SMILES string of the molecule is CNC(C)C(=O)Cc1ccc(Br)cc1F. The molecular weight excluding hydrogens is 261 g/mol. The van der Waals surface area contributed by atoms with E-state index in [1.54, 1.807) is 26.1 Å². The van der Waals surface area contributed by atoms with Crippen LogP contribution in [0.5, 0.6) is 0 Å². The van der Waals surface area contributed by atoms with Gasteiger partial charge in [-0.1, -0.05) is 22.0 Å².